The molecule has 0 bridgehead atoms. The molecule has 0 aromatic heterocycles. The van der Waals surface area contributed by atoms with E-state index in [0.29, 0.717) is 0 Å². The van der Waals surface area contributed by atoms with Gasteiger partial charge in [0.05, 0.1) is 6.10 Å². The van der Waals surface area contributed by atoms with Crippen LogP contribution in [0.15, 0.2) is 0 Å². The predicted octanol–water partition coefficient (Wildman–Crippen LogP) is 1.49. The second-order valence-corrected chi connectivity index (χ2v) is 5.70. The highest BCUT2D eigenvalue weighted by Crippen LogP contribution is 2.02. The van der Waals surface area contributed by atoms with Gasteiger partial charge in [0, 0.05) is 7.05 Å². The van der Waals surface area contributed by atoms with Crippen molar-refractivity contribution in [2.24, 2.45) is 0 Å². The van der Waals surface area contributed by atoms with Crippen LogP contribution in [0.5, 0.6) is 0 Å². The van der Waals surface area contributed by atoms with Gasteiger partial charge in [0.25, 0.3) is 0 Å². The molecule has 0 radical (unpaired) electrons. The van der Waals surface area contributed by atoms with Crippen molar-refractivity contribution in [1.82, 2.24) is 5.32 Å². The molecule has 4 heteroatoms. The Kier molecular flexibility index (Phi) is 4.94. The van der Waals surface area contributed by atoms with Gasteiger partial charge in [0.15, 0.2) is 0 Å². The van der Waals surface area contributed by atoms with E-state index in [1.807, 2.05) is 6.92 Å². The van der Waals surface area contributed by atoms with E-state index in [1.165, 1.54) is 0 Å². The van der Waals surface area contributed by atoms with Crippen LogP contribution in [0.3, 0.4) is 0 Å². The molecule has 1 atom stereocenters. The van der Waals surface area contributed by atoms with Crippen LogP contribution in [0.4, 0.5) is 4.79 Å². The van der Waals surface area contributed by atoms with Gasteiger partial charge in [-0.2, -0.15) is 13.1 Å². The van der Waals surface area contributed by atoms with Crippen molar-refractivity contribution in [1.29, 1.82) is 0 Å². The van der Waals surface area contributed by atoms with Crippen molar-refractivity contribution >= 4 is 14.9 Å². The van der Waals surface area contributed by atoms with E-state index >= 15 is 0 Å². The van der Waals surface area contributed by atoms with Gasteiger partial charge in [0.1, 0.15) is 0 Å². The number of ether oxygens (including phenoxy) is 1. The molecule has 66 valence electrons. The Morgan fingerprint density at radius 1 is 1.64 bits per heavy atom. The summed E-state index contributed by atoms with van der Waals surface area (Å²) in [6, 6.07) is 1.01. The molecule has 0 spiro atoms. The maximum Gasteiger partial charge on any atom is 0.407 e. The number of rotatable bonds is 3. The Balaban J connectivity index is 3.51. The zero-order valence-electron chi connectivity index (χ0n) is 7.60. The van der Waals surface area contributed by atoms with E-state index in [9.17, 15) is 4.79 Å². The standard InChI is InChI=1S/C7H16NO2Si/c1-6(5-11(3)4)10-7(9)8-2/h6H,5H2,1-4H3,(H,8,9)/q-1/t6-/m0/s1. The molecular formula is C7H16NO2Si-. The van der Waals surface area contributed by atoms with Crippen molar-refractivity contribution < 1.29 is 9.53 Å². The third-order valence-corrected chi connectivity index (χ3v) is 2.60. The Bertz CT molecular complexity index is 128. The minimum Gasteiger partial charge on any atom is -0.450 e. The largest absolute Gasteiger partial charge is 0.450 e. The highest BCUT2D eigenvalue weighted by atomic mass is 28.3. The zero-order chi connectivity index (χ0) is 8.85. The summed E-state index contributed by atoms with van der Waals surface area (Å²) in [4.78, 5) is 10.7. The number of alkyl carbamates (subject to hydrolysis) is 1. The topological polar surface area (TPSA) is 38.3 Å². The Morgan fingerprint density at radius 3 is 2.55 bits per heavy atom. The van der Waals surface area contributed by atoms with Crippen LogP contribution >= 0.6 is 0 Å². The first-order valence-corrected chi connectivity index (χ1v) is 6.44. The molecule has 3 nitrogen and oxygen atoms in total. The number of carbonyl (C=O) groups is 1. The SMILES string of the molecule is CNC(=O)O[C@@H](C)C[Si-](C)C. The lowest BCUT2D eigenvalue weighted by atomic mass is 10.5. The summed E-state index contributed by atoms with van der Waals surface area (Å²) >= 11 is 0. The molecule has 0 aromatic rings. The molecule has 1 N–H and O–H groups in total. The van der Waals surface area contributed by atoms with Crippen LogP contribution in [-0.4, -0.2) is 28.0 Å². The molecule has 0 saturated carbocycles. The van der Waals surface area contributed by atoms with Crippen LogP contribution in [-0.2, 0) is 4.74 Å². The van der Waals surface area contributed by atoms with Gasteiger partial charge in [-0.3, -0.25) is 8.80 Å². The highest BCUT2D eigenvalue weighted by molar-refractivity contribution is 6.55. The van der Waals surface area contributed by atoms with E-state index < -0.39 is 0 Å². The second-order valence-electron chi connectivity index (χ2n) is 2.88. The third kappa shape index (κ3) is 5.91. The summed E-state index contributed by atoms with van der Waals surface area (Å²) in [5.74, 6) is 0. The van der Waals surface area contributed by atoms with Gasteiger partial charge in [-0.25, -0.2) is 4.79 Å². The van der Waals surface area contributed by atoms with Crippen LogP contribution < -0.4 is 5.32 Å². The van der Waals surface area contributed by atoms with Crippen molar-refractivity contribution in [2.75, 3.05) is 7.05 Å². The molecular weight excluding hydrogens is 158 g/mol. The maximum atomic E-state index is 10.7. The van der Waals surface area contributed by atoms with Crippen molar-refractivity contribution in [3.63, 3.8) is 0 Å². The van der Waals surface area contributed by atoms with Gasteiger partial charge in [0.2, 0.25) is 0 Å². The first-order valence-electron chi connectivity index (χ1n) is 3.73. The normalized spacial score (nSPS) is 12.8. The number of hydrogen-bond donors (Lipinski definition) is 1. The van der Waals surface area contributed by atoms with Crippen LogP contribution in [0.2, 0.25) is 19.1 Å². The van der Waals surface area contributed by atoms with E-state index in [4.69, 9.17) is 4.74 Å². The van der Waals surface area contributed by atoms with Gasteiger partial charge < -0.3 is 10.1 Å². The summed E-state index contributed by atoms with van der Waals surface area (Å²) in [7, 11) is 1.28. The monoisotopic (exact) mass is 174 g/mol. The fourth-order valence-corrected chi connectivity index (χ4v) is 2.09. The smallest absolute Gasteiger partial charge is 0.407 e. The Hall–Kier alpha value is -0.513. The Labute approximate surface area is 69.7 Å². The van der Waals surface area contributed by atoms with E-state index in [1.54, 1.807) is 7.05 Å². The summed E-state index contributed by atoms with van der Waals surface area (Å²) < 4.78 is 4.99. The van der Waals surface area contributed by atoms with E-state index in [2.05, 4.69) is 18.4 Å². The van der Waals surface area contributed by atoms with E-state index in [-0.39, 0.29) is 21.0 Å². The van der Waals surface area contributed by atoms with Gasteiger partial charge >= 0.3 is 6.09 Å². The highest BCUT2D eigenvalue weighted by Gasteiger charge is 2.03. The summed E-state index contributed by atoms with van der Waals surface area (Å²) in [6.07, 6.45) is -0.278. The lowest BCUT2D eigenvalue weighted by Gasteiger charge is -2.21. The molecule has 0 rings (SSSR count). The third-order valence-electron chi connectivity index (χ3n) is 1.21. The number of amides is 1. The van der Waals surface area contributed by atoms with Crippen molar-refractivity contribution in [2.45, 2.75) is 32.2 Å². The minimum absolute atomic E-state index is 0.0545. The summed E-state index contributed by atoms with van der Waals surface area (Å²) in [6.45, 7) is 6.33. The molecule has 1 amide bonds. The van der Waals surface area contributed by atoms with Crippen LogP contribution in [0.25, 0.3) is 0 Å². The van der Waals surface area contributed by atoms with Crippen LogP contribution in [0.1, 0.15) is 6.92 Å². The molecule has 0 fully saturated rings. The van der Waals surface area contributed by atoms with Crippen molar-refractivity contribution in [3.8, 4) is 0 Å². The quantitative estimate of drug-likeness (QED) is 0.658. The Morgan fingerprint density at radius 2 is 2.18 bits per heavy atom. The molecule has 0 heterocycles. The molecule has 0 aliphatic rings. The first-order chi connectivity index (χ1) is 5.06. The van der Waals surface area contributed by atoms with Crippen LogP contribution in [0, 0.1) is 0 Å². The fourth-order valence-electron chi connectivity index (χ4n) is 0.858. The molecule has 11 heavy (non-hydrogen) atoms. The summed E-state index contributed by atoms with van der Waals surface area (Å²) in [5.41, 5.74) is 0. The van der Waals surface area contributed by atoms with Gasteiger partial charge in [-0.05, 0) is 6.92 Å². The van der Waals surface area contributed by atoms with Gasteiger partial charge in [-0.15, -0.1) is 6.04 Å². The average Bonchev–Trinajstić information content (AvgIpc) is 1.85. The van der Waals surface area contributed by atoms with Gasteiger partial charge in [-0.1, -0.05) is 0 Å². The lowest BCUT2D eigenvalue weighted by Crippen LogP contribution is -2.26. The lowest BCUT2D eigenvalue weighted by molar-refractivity contribution is 0.117. The number of carbonyl (C=O) groups excluding carboxylic acids is 1. The molecule has 0 unspecified atom stereocenters. The molecule has 0 aliphatic carbocycles. The molecule has 0 aliphatic heterocycles. The number of nitrogens with one attached hydrogen (secondary N) is 1. The first kappa shape index (κ1) is 10.5. The number of hydrogen-bond acceptors (Lipinski definition) is 2. The maximum absolute atomic E-state index is 10.7. The summed E-state index contributed by atoms with van der Waals surface area (Å²) in [5, 5.41) is 2.42. The molecule has 0 aromatic carbocycles. The minimum atomic E-state index is -0.333. The zero-order valence-corrected chi connectivity index (χ0v) is 8.60. The van der Waals surface area contributed by atoms with Crippen molar-refractivity contribution in [3.05, 3.63) is 0 Å². The molecule has 0 saturated heterocycles. The predicted molar refractivity (Wildman–Crippen MR) is 47.3 cm³/mol. The van der Waals surface area contributed by atoms with E-state index in [0.717, 1.165) is 6.04 Å². The fraction of sp³-hybridized carbons (Fsp3) is 0.857. The second kappa shape index (κ2) is 5.18. The average molecular weight is 174 g/mol.